The molecule has 0 bridgehead atoms. The van der Waals surface area contributed by atoms with Crippen molar-refractivity contribution < 1.29 is 46.6 Å². The molecule has 0 radical (unpaired) electrons. The normalized spacial score (nSPS) is 29.2. The molecule has 11 nitrogen and oxygen atoms in total. The van der Waals surface area contributed by atoms with E-state index in [0.29, 0.717) is 0 Å². The van der Waals surface area contributed by atoms with E-state index in [0.717, 1.165) is 5.56 Å². The summed E-state index contributed by atoms with van der Waals surface area (Å²) in [5.74, 6) is -0.553. The van der Waals surface area contributed by atoms with Gasteiger partial charge >= 0.3 is 29.2 Å². The number of ether oxygens (including phenoxy) is 4. The van der Waals surface area contributed by atoms with Crippen LogP contribution in [0.4, 0.5) is 4.79 Å². The van der Waals surface area contributed by atoms with Gasteiger partial charge in [-0.15, -0.1) is 0 Å². The van der Waals surface area contributed by atoms with Crippen LogP contribution in [0.2, 0.25) is 22.2 Å². The summed E-state index contributed by atoms with van der Waals surface area (Å²) in [4.78, 5) is 28.0. The highest BCUT2D eigenvalue weighted by atomic mass is 28.5. The zero-order valence-electron chi connectivity index (χ0n) is 30.1. The summed E-state index contributed by atoms with van der Waals surface area (Å²) in [7, 11) is -5.78. The Morgan fingerprint density at radius 3 is 2.11 bits per heavy atom. The van der Waals surface area contributed by atoms with Crippen molar-refractivity contribution in [1.29, 1.82) is 0 Å². The number of likely N-dealkylation sites (tertiary alicyclic amines) is 1. The number of amides is 1. The van der Waals surface area contributed by atoms with Gasteiger partial charge in [-0.1, -0.05) is 85.7 Å². The number of carbonyl (C=O) groups is 2. The fourth-order valence-electron chi connectivity index (χ4n) is 6.89. The highest BCUT2D eigenvalue weighted by Crippen LogP contribution is 2.47. The van der Waals surface area contributed by atoms with Crippen molar-refractivity contribution in [2.75, 3.05) is 13.2 Å². The summed E-state index contributed by atoms with van der Waals surface area (Å²) in [6.07, 6.45) is -4.61. The van der Waals surface area contributed by atoms with Crippen LogP contribution in [0, 0.1) is 0 Å². The molecule has 3 saturated heterocycles. The predicted octanol–water partition coefficient (Wildman–Crippen LogP) is 6.17. The zero-order valence-corrected chi connectivity index (χ0v) is 32.1. The lowest BCUT2D eigenvalue weighted by molar-refractivity contribution is -0.190. The molecular weight excluding hydrogens is 639 g/mol. The molecule has 6 atom stereocenters. The lowest BCUT2D eigenvalue weighted by atomic mass is 10.1. The largest absolute Gasteiger partial charge is 0.459 e. The Hall–Kier alpha value is -1.85. The van der Waals surface area contributed by atoms with E-state index < -0.39 is 71.5 Å². The summed E-state index contributed by atoms with van der Waals surface area (Å²) in [5, 5.41) is 11.7. The molecule has 3 fully saturated rings. The number of carbonyl (C=O) groups excluding carboxylic acids is 2. The molecule has 4 rings (SSSR count). The second kappa shape index (κ2) is 15.0. The Morgan fingerprint density at radius 2 is 1.55 bits per heavy atom. The Morgan fingerprint density at radius 1 is 0.957 bits per heavy atom. The third kappa shape index (κ3) is 8.31. The molecule has 266 valence electrons. The van der Waals surface area contributed by atoms with Gasteiger partial charge in [-0.25, -0.2) is 9.59 Å². The number of aliphatic hydroxyl groups is 1. The van der Waals surface area contributed by atoms with Crippen LogP contribution in [0.25, 0.3) is 0 Å². The molecule has 3 aliphatic heterocycles. The molecule has 0 saturated carbocycles. The van der Waals surface area contributed by atoms with E-state index in [2.05, 4.69) is 55.4 Å². The average molecular weight is 696 g/mol. The topological polar surface area (TPSA) is 122 Å². The maximum Gasteiger partial charge on any atom is 0.411 e. The molecule has 1 amide bonds. The van der Waals surface area contributed by atoms with Crippen LogP contribution in [0.5, 0.6) is 0 Å². The van der Waals surface area contributed by atoms with E-state index in [1.807, 2.05) is 30.3 Å². The van der Waals surface area contributed by atoms with Crippen LogP contribution in [0.1, 0.15) is 88.1 Å². The van der Waals surface area contributed by atoms with Gasteiger partial charge in [0.1, 0.15) is 36.6 Å². The molecule has 1 aromatic carbocycles. The minimum Gasteiger partial charge on any atom is -0.459 e. The lowest BCUT2D eigenvalue weighted by Gasteiger charge is -2.51. The number of hydrogen-bond acceptors (Lipinski definition) is 10. The van der Waals surface area contributed by atoms with Crippen LogP contribution < -0.4 is 0 Å². The Bertz CT molecular complexity index is 1190. The predicted molar refractivity (Wildman–Crippen MR) is 181 cm³/mol. The van der Waals surface area contributed by atoms with Crippen molar-refractivity contribution in [3.8, 4) is 0 Å². The maximum absolute atomic E-state index is 13.3. The zero-order chi connectivity index (χ0) is 34.9. The molecule has 3 aliphatic rings. The molecule has 1 N–H and O–H groups in total. The number of benzene rings is 1. The van der Waals surface area contributed by atoms with Gasteiger partial charge in [0.25, 0.3) is 0 Å². The minimum atomic E-state index is -2.98. The second-order valence-electron chi connectivity index (χ2n) is 15.3. The van der Waals surface area contributed by atoms with Crippen LogP contribution in [0.3, 0.4) is 0 Å². The first-order valence-electron chi connectivity index (χ1n) is 17.1. The molecule has 0 aromatic heterocycles. The van der Waals surface area contributed by atoms with E-state index >= 15 is 0 Å². The van der Waals surface area contributed by atoms with Gasteiger partial charge in [-0.2, -0.15) is 0 Å². The van der Waals surface area contributed by atoms with Gasteiger partial charge < -0.3 is 37.0 Å². The Balaban J connectivity index is 1.55. The van der Waals surface area contributed by atoms with Crippen molar-refractivity contribution in [2.24, 2.45) is 0 Å². The van der Waals surface area contributed by atoms with Crippen LogP contribution in [-0.4, -0.2) is 94.7 Å². The number of fused-ring (bicyclic) bond motifs is 1. The van der Waals surface area contributed by atoms with Gasteiger partial charge in [0, 0.05) is 6.42 Å². The maximum atomic E-state index is 13.3. The second-order valence-corrected chi connectivity index (χ2v) is 24.2. The van der Waals surface area contributed by atoms with Gasteiger partial charge in [0.2, 0.25) is 0 Å². The molecular formula is C34H57NO10Si2. The summed E-state index contributed by atoms with van der Waals surface area (Å²) >= 11 is 0. The van der Waals surface area contributed by atoms with Crippen molar-refractivity contribution in [3.05, 3.63) is 35.9 Å². The van der Waals surface area contributed by atoms with Crippen molar-refractivity contribution in [3.63, 3.8) is 0 Å². The van der Waals surface area contributed by atoms with Gasteiger partial charge in [0.05, 0.1) is 19.3 Å². The first-order chi connectivity index (χ1) is 21.9. The number of aliphatic hydroxyl groups excluding tert-OH is 1. The number of hydrogen-bond donors (Lipinski definition) is 1. The first-order valence-corrected chi connectivity index (χ1v) is 21.1. The summed E-state index contributed by atoms with van der Waals surface area (Å²) in [6, 6.07) is 8.43. The van der Waals surface area contributed by atoms with E-state index in [-0.39, 0.29) is 48.3 Å². The third-order valence-electron chi connectivity index (χ3n) is 9.34. The quantitative estimate of drug-likeness (QED) is 0.237. The standard InChI is InChI=1S/C34H57NO10Si2/c1-21(2)46(22(3)4)40-20-28-30(44-47(45-46,23(5)6)24(7)8)29(36)32(42-28)41-26-17-27(35(18-26)33(38)43-34(9,10)11)31(37)39-19-25-15-13-12-14-16-25/h12-16,21-24,26-30,32,36H,17-20H2,1-11H3/t26-,27+,28+,29-,30+,32+/m1/s1. The third-order valence-corrected chi connectivity index (χ3v) is 19.6. The van der Waals surface area contributed by atoms with E-state index in [4.69, 9.17) is 31.9 Å². The number of rotatable bonds is 9. The van der Waals surface area contributed by atoms with Gasteiger partial charge in [0.15, 0.2) is 6.29 Å². The van der Waals surface area contributed by atoms with E-state index in [1.165, 1.54) is 4.90 Å². The number of esters is 1. The first kappa shape index (κ1) is 38.0. The smallest absolute Gasteiger partial charge is 0.411 e. The average Bonchev–Trinajstić information content (AvgIpc) is 3.52. The molecule has 0 aliphatic carbocycles. The highest BCUT2D eigenvalue weighted by Gasteiger charge is 2.62. The summed E-state index contributed by atoms with van der Waals surface area (Å²) in [6.45, 7) is 22.8. The molecule has 0 spiro atoms. The lowest BCUT2D eigenvalue weighted by Crippen LogP contribution is -2.65. The molecule has 3 heterocycles. The molecule has 0 unspecified atom stereocenters. The molecule has 47 heavy (non-hydrogen) atoms. The highest BCUT2D eigenvalue weighted by molar-refractivity contribution is 6.84. The SMILES string of the molecule is CC(C)[Si]1(C(C)C)OC[C@@H]2O[C@H](O[C@@H]3C[C@@H](C(=O)OCc4ccccc4)N(C(=O)OC(C)(C)C)C3)[C@H](O)[C@H]2O[Si](C(C)C)(C(C)C)O1. The molecule has 1 aromatic rings. The monoisotopic (exact) mass is 695 g/mol. The van der Waals surface area contributed by atoms with Crippen molar-refractivity contribution in [2.45, 2.75) is 154 Å². The van der Waals surface area contributed by atoms with E-state index in [9.17, 15) is 14.7 Å². The molecule has 13 heteroatoms. The van der Waals surface area contributed by atoms with Gasteiger partial charge in [-0.3, -0.25) is 4.90 Å². The Kier molecular flexibility index (Phi) is 12.1. The van der Waals surface area contributed by atoms with Crippen LogP contribution in [0.15, 0.2) is 30.3 Å². The minimum absolute atomic E-state index is 0.0653. The fraction of sp³-hybridized carbons (Fsp3) is 0.765. The summed E-state index contributed by atoms with van der Waals surface area (Å²) < 4.78 is 45.0. The van der Waals surface area contributed by atoms with E-state index in [1.54, 1.807) is 20.8 Å². The van der Waals surface area contributed by atoms with Crippen LogP contribution in [-0.2, 0) is 43.3 Å². The van der Waals surface area contributed by atoms with Crippen LogP contribution >= 0.6 is 0 Å². The van der Waals surface area contributed by atoms with Crippen molar-refractivity contribution in [1.82, 2.24) is 4.90 Å². The Labute approximate surface area is 283 Å². The van der Waals surface area contributed by atoms with Crippen molar-refractivity contribution >= 4 is 29.2 Å². The summed E-state index contributed by atoms with van der Waals surface area (Å²) in [5.41, 5.74) is 0.576. The van der Waals surface area contributed by atoms with Gasteiger partial charge in [-0.05, 0) is 48.5 Å². The number of nitrogens with zero attached hydrogens (tertiary/aromatic N) is 1. The fourth-order valence-corrected chi connectivity index (χ4v) is 18.1.